The van der Waals surface area contributed by atoms with Gasteiger partial charge in [0.2, 0.25) is 5.91 Å². The molecule has 1 atom stereocenters. The van der Waals surface area contributed by atoms with Gasteiger partial charge in [0.25, 0.3) is 5.56 Å². The number of aromatic nitrogens is 6. The van der Waals surface area contributed by atoms with Gasteiger partial charge in [-0.2, -0.15) is 4.68 Å². The van der Waals surface area contributed by atoms with Crippen LogP contribution in [0.1, 0.15) is 28.6 Å². The number of rotatable bonds is 5. The van der Waals surface area contributed by atoms with Crippen LogP contribution in [0.25, 0.3) is 27.7 Å². The van der Waals surface area contributed by atoms with Gasteiger partial charge in [0.1, 0.15) is 18.1 Å². The molecular formula is C25H18ClN7O4. The number of nitrogens with zero attached hydrogens (tertiary/aromatic N) is 5. The maximum atomic E-state index is 13.2. The minimum absolute atomic E-state index is 0.0634. The number of benzene rings is 2. The number of aromatic amines is 1. The lowest BCUT2D eigenvalue weighted by molar-refractivity contribution is -0.119. The molecule has 0 unspecified atom stereocenters. The Morgan fingerprint density at radius 1 is 1.11 bits per heavy atom. The average Bonchev–Trinajstić information content (AvgIpc) is 3.63. The van der Waals surface area contributed by atoms with Crippen molar-refractivity contribution in [1.82, 2.24) is 29.8 Å². The lowest BCUT2D eigenvalue weighted by atomic mass is 10.0. The minimum Gasteiger partial charge on any atom is -0.477 e. The molecule has 1 aliphatic rings. The van der Waals surface area contributed by atoms with Crippen molar-refractivity contribution in [2.75, 3.05) is 5.32 Å². The second-order valence-electron chi connectivity index (χ2n) is 8.69. The number of amides is 1. The van der Waals surface area contributed by atoms with Crippen LogP contribution in [0, 0.1) is 0 Å². The van der Waals surface area contributed by atoms with Gasteiger partial charge < -0.3 is 20.0 Å². The predicted octanol–water partition coefficient (Wildman–Crippen LogP) is 3.45. The first-order chi connectivity index (χ1) is 17.9. The summed E-state index contributed by atoms with van der Waals surface area (Å²) in [4.78, 5) is 40.4. The van der Waals surface area contributed by atoms with Gasteiger partial charge in [-0.3, -0.25) is 9.59 Å². The molecule has 184 valence electrons. The van der Waals surface area contributed by atoms with Crippen molar-refractivity contribution in [2.45, 2.75) is 18.9 Å². The maximum absolute atomic E-state index is 13.2. The number of H-pyrrole nitrogens is 1. The van der Waals surface area contributed by atoms with Crippen molar-refractivity contribution in [3.63, 3.8) is 0 Å². The Balaban J connectivity index is 1.31. The highest BCUT2D eigenvalue weighted by Gasteiger charge is 2.30. The molecule has 4 heterocycles. The number of pyridine rings is 1. The Morgan fingerprint density at radius 2 is 1.97 bits per heavy atom. The number of carboxylic acid groups (broad SMARTS) is 1. The van der Waals surface area contributed by atoms with E-state index in [4.69, 9.17) is 11.6 Å². The Labute approximate surface area is 213 Å². The number of aryl methyl sites for hydroxylation is 1. The number of anilines is 1. The van der Waals surface area contributed by atoms with E-state index in [-0.39, 0.29) is 17.2 Å². The van der Waals surface area contributed by atoms with E-state index in [1.165, 1.54) is 27.7 Å². The van der Waals surface area contributed by atoms with Gasteiger partial charge in [-0.15, -0.1) is 5.10 Å². The number of tetrazole rings is 1. The van der Waals surface area contributed by atoms with E-state index < -0.39 is 12.0 Å². The van der Waals surface area contributed by atoms with Crippen molar-refractivity contribution in [3.8, 4) is 16.8 Å². The lowest BCUT2D eigenvalue weighted by Gasteiger charge is -2.16. The van der Waals surface area contributed by atoms with Gasteiger partial charge in [-0.25, -0.2) is 4.79 Å². The Morgan fingerprint density at radius 3 is 2.76 bits per heavy atom. The van der Waals surface area contributed by atoms with Crippen molar-refractivity contribution in [1.29, 1.82) is 0 Å². The molecule has 1 aliphatic heterocycles. The zero-order valence-corrected chi connectivity index (χ0v) is 19.8. The van der Waals surface area contributed by atoms with Gasteiger partial charge in [0.05, 0.1) is 5.69 Å². The monoisotopic (exact) mass is 515 g/mol. The van der Waals surface area contributed by atoms with Crippen LogP contribution in [0.3, 0.4) is 0 Å². The molecular weight excluding hydrogens is 498 g/mol. The molecule has 12 heteroatoms. The normalized spacial score (nSPS) is 14.6. The van der Waals surface area contributed by atoms with E-state index in [0.717, 1.165) is 5.69 Å². The predicted molar refractivity (Wildman–Crippen MR) is 135 cm³/mol. The van der Waals surface area contributed by atoms with E-state index in [0.29, 0.717) is 51.3 Å². The number of carboxylic acids is 1. The third kappa shape index (κ3) is 4.04. The quantitative estimate of drug-likeness (QED) is 0.324. The molecule has 0 fully saturated rings. The molecule has 0 spiro atoms. The van der Waals surface area contributed by atoms with Crippen LogP contribution >= 0.6 is 11.6 Å². The third-order valence-corrected chi connectivity index (χ3v) is 6.66. The van der Waals surface area contributed by atoms with Crippen molar-refractivity contribution in [3.05, 3.63) is 87.7 Å². The second kappa shape index (κ2) is 8.71. The number of nitrogens with one attached hydrogen (secondary N) is 2. The molecule has 3 aromatic heterocycles. The smallest absolute Gasteiger partial charge is 0.352 e. The number of carbonyl (C=O) groups is 2. The first-order valence-electron chi connectivity index (χ1n) is 11.3. The summed E-state index contributed by atoms with van der Waals surface area (Å²) in [6.07, 6.45) is 2.47. The number of hydrogen-bond donors (Lipinski definition) is 3. The van der Waals surface area contributed by atoms with E-state index in [1.807, 2.05) is 6.07 Å². The van der Waals surface area contributed by atoms with Gasteiger partial charge in [0.15, 0.2) is 0 Å². The number of hydrogen-bond acceptors (Lipinski definition) is 6. The van der Waals surface area contributed by atoms with Gasteiger partial charge >= 0.3 is 5.97 Å². The Bertz CT molecular complexity index is 1760. The molecule has 37 heavy (non-hydrogen) atoms. The van der Waals surface area contributed by atoms with Crippen LogP contribution in [0.2, 0.25) is 5.02 Å². The van der Waals surface area contributed by atoms with Crippen molar-refractivity contribution >= 4 is 40.1 Å². The molecule has 11 nitrogen and oxygen atoms in total. The Kier molecular flexibility index (Phi) is 5.34. The zero-order chi connectivity index (χ0) is 25.7. The summed E-state index contributed by atoms with van der Waals surface area (Å²) in [5.74, 6) is -1.38. The Hall–Kier alpha value is -4.77. The summed E-state index contributed by atoms with van der Waals surface area (Å²) in [7, 11) is 0. The molecule has 0 bridgehead atoms. The summed E-state index contributed by atoms with van der Waals surface area (Å²) >= 11 is 6.25. The van der Waals surface area contributed by atoms with E-state index in [2.05, 4.69) is 25.8 Å². The molecule has 1 amide bonds. The number of halogens is 1. The molecule has 6 rings (SSSR count). The van der Waals surface area contributed by atoms with E-state index in [1.54, 1.807) is 36.4 Å². The first kappa shape index (κ1) is 22.7. The summed E-state index contributed by atoms with van der Waals surface area (Å²) < 4.78 is 3.00. The van der Waals surface area contributed by atoms with E-state index in [9.17, 15) is 19.5 Å². The SMILES string of the molecule is O=C(O)c1cc2cc(NC(=O)[C@H]3CCc4cc(-c5cc(Cl)ccc5-n5cnnn5)cc(=O)n43)ccc2[nH]1. The summed E-state index contributed by atoms with van der Waals surface area (Å²) in [6, 6.07) is 14.5. The topological polar surface area (TPSA) is 148 Å². The third-order valence-electron chi connectivity index (χ3n) is 6.42. The zero-order valence-electron chi connectivity index (χ0n) is 19.1. The largest absolute Gasteiger partial charge is 0.477 e. The number of carbonyl (C=O) groups excluding carboxylic acids is 1. The van der Waals surface area contributed by atoms with Crippen LogP contribution in [0.15, 0.2) is 65.7 Å². The summed E-state index contributed by atoms with van der Waals surface area (Å²) in [5.41, 5.74) is 3.65. The highest BCUT2D eigenvalue weighted by molar-refractivity contribution is 6.31. The van der Waals surface area contributed by atoms with Crippen molar-refractivity contribution in [2.24, 2.45) is 0 Å². The second-order valence-corrected chi connectivity index (χ2v) is 9.13. The lowest BCUT2D eigenvalue weighted by Crippen LogP contribution is -2.31. The standard InChI is InChI=1S/C25H18ClN7O4/c26-15-1-5-21(32-12-27-30-31-32)18(11-15)13-8-17-3-6-22(33(17)23(34)10-13)24(35)28-16-2-4-19-14(7-16)9-20(29-19)25(36)37/h1-2,4-5,7-12,22,29H,3,6H2,(H,28,35)(H,36,37)/t22-/m1/s1. The molecule has 5 aromatic rings. The highest BCUT2D eigenvalue weighted by Crippen LogP contribution is 2.33. The van der Waals surface area contributed by atoms with Crippen LogP contribution in [-0.4, -0.2) is 46.7 Å². The molecule has 0 saturated heterocycles. The first-order valence-corrected chi connectivity index (χ1v) is 11.7. The van der Waals surface area contributed by atoms with E-state index >= 15 is 0 Å². The fourth-order valence-corrected chi connectivity index (χ4v) is 4.93. The molecule has 2 aromatic carbocycles. The molecule has 0 saturated carbocycles. The molecule has 0 aliphatic carbocycles. The summed E-state index contributed by atoms with van der Waals surface area (Å²) in [5, 5.41) is 24.5. The van der Waals surface area contributed by atoms with Crippen LogP contribution in [0.4, 0.5) is 5.69 Å². The fourth-order valence-electron chi connectivity index (χ4n) is 4.76. The fraction of sp³-hybridized carbons (Fsp3) is 0.120. The molecule has 3 N–H and O–H groups in total. The van der Waals surface area contributed by atoms with Gasteiger partial charge in [-0.1, -0.05) is 11.6 Å². The van der Waals surface area contributed by atoms with Crippen molar-refractivity contribution < 1.29 is 14.7 Å². The van der Waals surface area contributed by atoms with Crippen LogP contribution in [0.5, 0.6) is 0 Å². The minimum atomic E-state index is -1.06. The maximum Gasteiger partial charge on any atom is 0.352 e. The molecule has 0 radical (unpaired) electrons. The van der Waals surface area contributed by atoms with Gasteiger partial charge in [0, 0.05) is 38.9 Å². The van der Waals surface area contributed by atoms with Gasteiger partial charge in [-0.05, 0) is 77.4 Å². The average molecular weight is 516 g/mol. The highest BCUT2D eigenvalue weighted by atomic mass is 35.5. The number of fused-ring (bicyclic) bond motifs is 2. The number of aromatic carboxylic acids is 1. The summed E-state index contributed by atoms with van der Waals surface area (Å²) in [6.45, 7) is 0. The van der Waals surface area contributed by atoms with Crippen LogP contribution in [-0.2, 0) is 11.2 Å². The van der Waals surface area contributed by atoms with Crippen LogP contribution < -0.4 is 10.9 Å².